The molecule has 0 aliphatic rings. The molecule has 2 nitrogen and oxygen atoms in total. The molecule has 1 heterocycles. The zero-order valence-corrected chi connectivity index (χ0v) is 8.98. The van der Waals surface area contributed by atoms with Crippen molar-refractivity contribution in [2.24, 2.45) is 0 Å². The highest BCUT2D eigenvalue weighted by Gasteiger charge is 2.01. The summed E-state index contributed by atoms with van der Waals surface area (Å²) < 4.78 is 1.52. The first-order valence-corrected chi connectivity index (χ1v) is 4.82. The molecular formula is C7H4BrClN2S. The Balaban J connectivity index is 2.97. The van der Waals surface area contributed by atoms with Crippen LogP contribution >= 0.6 is 39.7 Å². The van der Waals surface area contributed by atoms with Crippen molar-refractivity contribution in [1.82, 2.24) is 9.97 Å². The van der Waals surface area contributed by atoms with Gasteiger partial charge in [-0.3, -0.25) is 0 Å². The lowest BCUT2D eigenvalue weighted by Crippen LogP contribution is -1.72. The molecule has 1 aromatic heterocycles. The fraction of sp³-hybridized carbons (Fsp3) is 0. The van der Waals surface area contributed by atoms with Crippen LogP contribution in [-0.2, 0) is 0 Å². The topological polar surface area (TPSA) is 31.6 Å². The quantitative estimate of drug-likeness (QED) is 0.699. The number of aromatic amines is 2. The van der Waals surface area contributed by atoms with Crippen LogP contribution in [0, 0.1) is 4.77 Å². The molecule has 2 rings (SSSR count). The third-order valence-electron chi connectivity index (χ3n) is 1.54. The molecule has 1 aromatic carbocycles. The average molecular weight is 264 g/mol. The number of fused-ring (bicyclic) bond motifs is 1. The number of imidazole rings is 1. The van der Waals surface area contributed by atoms with Gasteiger partial charge in [-0.15, -0.1) is 0 Å². The molecule has 2 aromatic rings. The third kappa shape index (κ3) is 1.30. The van der Waals surface area contributed by atoms with E-state index in [0.717, 1.165) is 15.5 Å². The highest BCUT2D eigenvalue weighted by Crippen LogP contribution is 2.25. The number of rotatable bonds is 0. The van der Waals surface area contributed by atoms with Gasteiger partial charge in [-0.1, -0.05) is 11.6 Å². The summed E-state index contributed by atoms with van der Waals surface area (Å²) in [5.74, 6) is 0. The standard InChI is InChI=1S/C7H4BrClN2S/c8-4-1-3(9)2-5-6(4)11-7(12)10-5/h1-2H,(H2,10,11,12). The number of aromatic nitrogens is 2. The zero-order valence-electron chi connectivity index (χ0n) is 5.82. The molecule has 5 heteroatoms. The highest BCUT2D eigenvalue weighted by molar-refractivity contribution is 9.10. The van der Waals surface area contributed by atoms with E-state index in [2.05, 4.69) is 25.9 Å². The van der Waals surface area contributed by atoms with Crippen molar-refractivity contribution in [3.8, 4) is 0 Å². The Morgan fingerprint density at radius 3 is 2.83 bits per heavy atom. The van der Waals surface area contributed by atoms with E-state index in [1.54, 1.807) is 0 Å². The Kier molecular flexibility index (Phi) is 1.98. The second-order valence-electron chi connectivity index (χ2n) is 2.39. The lowest BCUT2D eigenvalue weighted by molar-refractivity contribution is 1.30. The molecule has 0 spiro atoms. The van der Waals surface area contributed by atoms with Crippen LogP contribution in [0.1, 0.15) is 0 Å². The van der Waals surface area contributed by atoms with E-state index in [0.29, 0.717) is 9.79 Å². The summed E-state index contributed by atoms with van der Waals surface area (Å²) in [4.78, 5) is 5.99. The minimum Gasteiger partial charge on any atom is -0.331 e. The fourth-order valence-electron chi connectivity index (χ4n) is 1.07. The van der Waals surface area contributed by atoms with Crippen LogP contribution in [-0.4, -0.2) is 9.97 Å². The second-order valence-corrected chi connectivity index (χ2v) is 4.09. The van der Waals surface area contributed by atoms with Crippen LogP contribution in [0.4, 0.5) is 0 Å². The van der Waals surface area contributed by atoms with E-state index in [1.807, 2.05) is 12.1 Å². The maximum atomic E-state index is 5.84. The Hall–Kier alpha value is -0.320. The van der Waals surface area contributed by atoms with E-state index in [1.165, 1.54) is 0 Å². The van der Waals surface area contributed by atoms with E-state index >= 15 is 0 Å². The van der Waals surface area contributed by atoms with Crippen LogP contribution in [0.2, 0.25) is 5.02 Å². The number of hydrogen-bond acceptors (Lipinski definition) is 1. The molecule has 0 aliphatic heterocycles. The zero-order chi connectivity index (χ0) is 8.72. The third-order valence-corrected chi connectivity index (χ3v) is 2.59. The highest BCUT2D eigenvalue weighted by atomic mass is 79.9. The molecule has 2 N–H and O–H groups in total. The Morgan fingerprint density at radius 1 is 1.33 bits per heavy atom. The largest absolute Gasteiger partial charge is 0.331 e. The molecule has 0 aliphatic carbocycles. The van der Waals surface area contributed by atoms with Gasteiger partial charge in [0.05, 0.1) is 11.0 Å². The SMILES string of the molecule is S=c1[nH]c2cc(Cl)cc(Br)c2[nH]1. The Morgan fingerprint density at radius 2 is 2.08 bits per heavy atom. The summed E-state index contributed by atoms with van der Waals surface area (Å²) in [5, 5.41) is 0.680. The monoisotopic (exact) mass is 262 g/mol. The molecule has 0 saturated heterocycles. The van der Waals surface area contributed by atoms with Gasteiger partial charge in [0.15, 0.2) is 4.77 Å². The average Bonchev–Trinajstić information content (AvgIpc) is 2.29. The lowest BCUT2D eigenvalue weighted by Gasteiger charge is -1.93. The molecule has 0 fully saturated rings. The number of hydrogen-bond donors (Lipinski definition) is 2. The van der Waals surface area contributed by atoms with Crippen molar-refractivity contribution >= 4 is 50.8 Å². The van der Waals surface area contributed by atoms with Crippen LogP contribution in [0.5, 0.6) is 0 Å². The van der Waals surface area contributed by atoms with Crippen molar-refractivity contribution in [1.29, 1.82) is 0 Å². The van der Waals surface area contributed by atoms with Gasteiger partial charge >= 0.3 is 0 Å². The van der Waals surface area contributed by atoms with Gasteiger partial charge in [0, 0.05) is 9.50 Å². The van der Waals surface area contributed by atoms with E-state index < -0.39 is 0 Å². The van der Waals surface area contributed by atoms with E-state index in [-0.39, 0.29) is 0 Å². The van der Waals surface area contributed by atoms with Gasteiger partial charge in [0.2, 0.25) is 0 Å². The van der Waals surface area contributed by atoms with Gasteiger partial charge in [-0.25, -0.2) is 0 Å². The molecule has 0 atom stereocenters. The summed E-state index contributed by atoms with van der Waals surface area (Å²) in [7, 11) is 0. The van der Waals surface area contributed by atoms with Gasteiger partial charge in [-0.2, -0.15) is 0 Å². The van der Waals surface area contributed by atoms with Gasteiger partial charge in [0.25, 0.3) is 0 Å². The number of benzene rings is 1. The summed E-state index contributed by atoms with van der Waals surface area (Å²) >= 11 is 14.2. The molecule has 0 unspecified atom stereocenters. The summed E-state index contributed by atoms with van der Waals surface area (Å²) in [6.45, 7) is 0. The molecule has 12 heavy (non-hydrogen) atoms. The second kappa shape index (κ2) is 2.87. The van der Waals surface area contributed by atoms with Crippen LogP contribution in [0.15, 0.2) is 16.6 Å². The molecule has 62 valence electrons. The first-order valence-electron chi connectivity index (χ1n) is 3.24. The van der Waals surface area contributed by atoms with Crippen molar-refractivity contribution in [3.05, 3.63) is 26.4 Å². The summed E-state index contributed by atoms with van der Waals surface area (Å²) in [5.41, 5.74) is 1.86. The van der Waals surface area contributed by atoms with Crippen LogP contribution < -0.4 is 0 Å². The number of halogens is 2. The van der Waals surface area contributed by atoms with Crippen molar-refractivity contribution in [2.75, 3.05) is 0 Å². The summed E-state index contributed by atoms with van der Waals surface area (Å²) in [6, 6.07) is 3.65. The molecular weight excluding hydrogens is 260 g/mol. The van der Waals surface area contributed by atoms with E-state index in [4.69, 9.17) is 23.8 Å². The van der Waals surface area contributed by atoms with Gasteiger partial charge in [-0.05, 0) is 40.3 Å². The van der Waals surface area contributed by atoms with Crippen molar-refractivity contribution in [2.45, 2.75) is 0 Å². The predicted molar refractivity (Wildman–Crippen MR) is 56.2 cm³/mol. The molecule has 0 amide bonds. The maximum Gasteiger partial charge on any atom is 0.175 e. The lowest BCUT2D eigenvalue weighted by atomic mass is 10.3. The first kappa shape index (κ1) is 8.29. The Labute approximate surface area is 87.1 Å². The molecule has 0 bridgehead atoms. The van der Waals surface area contributed by atoms with Gasteiger partial charge < -0.3 is 9.97 Å². The number of H-pyrrole nitrogens is 2. The summed E-state index contributed by atoms with van der Waals surface area (Å²) in [6.07, 6.45) is 0. The molecule has 0 saturated carbocycles. The maximum absolute atomic E-state index is 5.84. The predicted octanol–water partition coefficient (Wildman–Crippen LogP) is 3.64. The van der Waals surface area contributed by atoms with Crippen molar-refractivity contribution < 1.29 is 0 Å². The van der Waals surface area contributed by atoms with Crippen LogP contribution in [0.3, 0.4) is 0 Å². The van der Waals surface area contributed by atoms with Crippen molar-refractivity contribution in [3.63, 3.8) is 0 Å². The fourth-order valence-corrected chi connectivity index (χ4v) is 2.19. The number of nitrogens with one attached hydrogen (secondary N) is 2. The van der Waals surface area contributed by atoms with Gasteiger partial charge in [0.1, 0.15) is 0 Å². The Bertz CT molecular complexity index is 488. The minimum absolute atomic E-state index is 0.605. The first-order chi connectivity index (χ1) is 5.66. The molecule has 0 radical (unpaired) electrons. The minimum atomic E-state index is 0.605. The van der Waals surface area contributed by atoms with E-state index in [9.17, 15) is 0 Å². The normalized spacial score (nSPS) is 10.8. The smallest absolute Gasteiger partial charge is 0.175 e. The van der Waals surface area contributed by atoms with Crippen LogP contribution in [0.25, 0.3) is 11.0 Å².